The van der Waals surface area contributed by atoms with Gasteiger partial charge in [0, 0.05) is 10.0 Å². The quantitative estimate of drug-likeness (QED) is 0.656. The first kappa shape index (κ1) is 10.5. The van der Waals surface area contributed by atoms with Crippen LogP contribution < -0.4 is 0 Å². The SMILES string of the molecule is Cc1ccc(-c2cccc(Cl)c2)cc1Cl. The van der Waals surface area contributed by atoms with Crippen LogP contribution in [-0.2, 0) is 0 Å². The Morgan fingerprint density at radius 3 is 2.27 bits per heavy atom. The molecule has 0 atom stereocenters. The van der Waals surface area contributed by atoms with Gasteiger partial charge in [0.05, 0.1) is 0 Å². The number of aryl methyl sites for hydroxylation is 1. The minimum atomic E-state index is 0.740. The van der Waals surface area contributed by atoms with Gasteiger partial charge in [-0.1, -0.05) is 47.5 Å². The van der Waals surface area contributed by atoms with Crippen LogP contribution in [0.25, 0.3) is 11.1 Å². The fourth-order valence-corrected chi connectivity index (χ4v) is 1.81. The number of hydrogen-bond donors (Lipinski definition) is 0. The smallest absolute Gasteiger partial charge is 0.0441 e. The van der Waals surface area contributed by atoms with E-state index in [1.807, 2.05) is 49.4 Å². The van der Waals surface area contributed by atoms with E-state index in [9.17, 15) is 0 Å². The van der Waals surface area contributed by atoms with Crippen LogP contribution in [0.1, 0.15) is 5.56 Å². The molecule has 2 aromatic rings. The maximum absolute atomic E-state index is 6.07. The molecule has 0 unspecified atom stereocenters. The van der Waals surface area contributed by atoms with Gasteiger partial charge in [-0.05, 0) is 41.8 Å². The standard InChI is InChI=1S/C13H10Cl2/c1-9-5-6-11(8-13(9)15)10-3-2-4-12(14)7-10/h2-8H,1H3. The Labute approximate surface area is 99.5 Å². The van der Waals surface area contributed by atoms with Crippen molar-refractivity contribution < 1.29 is 0 Å². The summed E-state index contributed by atoms with van der Waals surface area (Å²) in [6.45, 7) is 1.99. The van der Waals surface area contributed by atoms with Crippen molar-refractivity contribution in [3.63, 3.8) is 0 Å². The van der Waals surface area contributed by atoms with Crippen molar-refractivity contribution in [2.24, 2.45) is 0 Å². The van der Waals surface area contributed by atoms with Crippen molar-refractivity contribution in [3.8, 4) is 11.1 Å². The second-order valence-electron chi connectivity index (χ2n) is 3.47. The van der Waals surface area contributed by atoms with E-state index in [2.05, 4.69) is 0 Å². The molecule has 0 fully saturated rings. The molecule has 0 spiro atoms. The summed E-state index contributed by atoms with van der Waals surface area (Å²) in [5, 5.41) is 1.52. The van der Waals surface area contributed by atoms with Crippen molar-refractivity contribution in [1.82, 2.24) is 0 Å². The van der Waals surface area contributed by atoms with E-state index in [1.54, 1.807) is 0 Å². The lowest BCUT2D eigenvalue weighted by Crippen LogP contribution is -1.80. The largest absolute Gasteiger partial charge is 0.0843 e. The van der Waals surface area contributed by atoms with Crippen molar-refractivity contribution in [2.45, 2.75) is 6.92 Å². The van der Waals surface area contributed by atoms with E-state index >= 15 is 0 Å². The molecule has 76 valence electrons. The van der Waals surface area contributed by atoms with Gasteiger partial charge in [0.1, 0.15) is 0 Å². The molecule has 0 aliphatic carbocycles. The minimum absolute atomic E-state index is 0.740. The molecule has 0 amide bonds. The van der Waals surface area contributed by atoms with Gasteiger partial charge < -0.3 is 0 Å². The highest BCUT2D eigenvalue weighted by molar-refractivity contribution is 6.32. The van der Waals surface area contributed by atoms with E-state index in [-0.39, 0.29) is 0 Å². The molecule has 0 aliphatic rings. The molecule has 0 aromatic heterocycles. The van der Waals surface area contributed by atoms with Crippen LogP contribution >= 0.6 is 23.2 Å². The Morgan fingerprint density at radius 1 is 0.867 bits per heavy atom. The summed E-state index contributed by atoms with van der Waals surface area (Å²) in [6, 6.07) is 13.8. The predicted octanol–water partition coefficient (Wildman–Crippen LogP) is 4.97. The Kier molecular flexibility index (Phi) is 2.99. The minimum Gasteiger partial charge on any atom is -0.0843 e. The summed E-state index contributed by atoms with van der Waals surface area (Å²) in [7, 11) is 0. The van der Waals surface area contributed by atoms with E-state index in [4.69, 9.17) is 23.2 Å². The molecule has 2 heteroatoms. The molecular formula is C13H10Cl2. The fraction of sp³-hybridized carbons (Fsp3) is 0.0769. The third kappa shape index (κ3) is 2.34. The molecular weight excluding hydrogens is 227 g/mol. The highest BCUT2D eigenvalue weighted by Gasteiger charge is 2.01. The van der Waals surface area contributed by atoms with Crippen molar-refractivity contribution in [3.05, 3.63) is 58.1 Å². The van der Waals surface area contributed by atoms with Gasteiger partial charge in [-0.3, -0.25) is 0 Å². The van der Waals surface area contributed by atoms with E-state index < -0.39 is 0 Å². The molecule has 0 bridgehead atoms. The van der Waals surface area contributed by atoms with Gasteiger partial charge in [-0.25, -0.2) is 0 Å². The van der Waals surface area contributed by atoms with E-state index in [0.29, 0.717) is 0 Å². The normalized spacial score (nSPS) is 10.3. The molecule has 0 radical (unpaired) electrons. The third-order valence-corrected chi connectivity index (χ3v) is 2.97. The van der Waals surface area contributed by atoms with Gasteiger partial charge in [-0.15, -0.1) is 0 Å². The number of benzene rings is 2. The zero-order chi connectivity index (χ0) is 10.8. The Bertz CT molecular complexity index is 490. The molecule has 0 nitrogen and oxygen atoms in total. The van der Waals surface area contributed by atoms with Gasteiger partial charge >= 0.3 is 0 Å². The maximum atomic E-state index is 6.07. The summed E-state index contributed by atoms with van der Waals surface area (Å²) < 4.78 is 0. The van der Waals surface area contributed by atoms with Crippen LogP contribution in [0.2, 0.25) is 10.0 Å². The molecule has 0 aliphatic heterocycles. The first-order chi connectivity index (χ1) is 7.16. The monoisotopic (exact) mass is 236 g/mol. The maximum Gasteiger partial charge on any atom is 0.0441 e. The molecule has 0 N–H and O–H groups in total. The summed E-state index contributed by atoms with van der Waals surface area (Å²) >= 11 is 12.0. The zero-order valence-electron chi connectivity index (χ0n) is 8.30. The molecule has 2 aromatic carbocycles. The van der Waals surface area contributed by atoms with E-state index in [0.717, 1.165) is 26.7 Å². The summed E-state index contributed by atoms with van der Waals surface area (Å²) in [4.78, 5) is 0. The highest BCUT2D eigenvalue weighted by atomic mass is 35.5. The van der Waals surface area contributed by atoms with Crippen LogP contribution in [0.3, 0.4) is 0 Å². The number of rotatable bonds is 1. The number of hydrogen-bond acceptors (Lipinski definition) is 0. The Morgan fingerprint density at radius 2 is 1.60 bits per heavy atom. The fourth-order valence-electron chi connectivity index (χ4n) is 1.44. The highest BCUT2D eigenvalue weighted by Crippen LogP contribution is 2.26. The summed E-state index contributed by atoms with van der Waals surface area (Å²) in [5.74, 6) is 0. The second kappa shape index (κ2) is 4.26. The van der Waals surface area contributed by atoms with Crippen LogP contribution in [0.15, 0.2) is 42.5 Å². The first-order valence-electron chi connectivity index (χ1n) is 4.69. The van der Waals surface area contributed by atoms with Crippen molar-refractivity contribution in [1.29, 1.82) is 0 Å². The van der Waals surface area contributed by atoms with Crippen LogP contribution in [0.4, 0.5) is 0 Å². The molecule has 0 saturated heterocycles. The van der Waals surface area contributed by atoms with E-state index in [1.165, 1.54) is 0 Å². The lowest BCUT2D eigenvalue weighted by atomic mass is 10.0. The molecule has 15 heavy (non-hydrogen) atoms. The lowest BCUT2D eigenvalue weighted by Gasteiger charge is -2.04. The third-order valence-electron chi connectivity index (χ3n) is 2.33. The van der Waals surface area contributed by atoms with Gasteiger partial charge in [0.25, 0.3) is 0 Å². The average molecular weight is 237 g/mol. The zero-order valence-corrected chi connectivity index (χ0v) is 9.81. The summed E-state index contributed by atoms with van der Waals surface area (Å²) in [5.41, 5.74) is 3.26. The first-order valence-corrected chi connectivity index (χ1v) is 5.44. The van der Waals surface area contributed by atoms with Crippen molar-refractivity contribution >= 4 is 23.2 Å². The van der Waals surface area contributed by atoms with Crippen LogP contribution in [0.5, 0.6) is 0 Å². The lowest BCUT2D eigenvalue weighted by molar-refractivity contribution is 1.47. The van der Waals surface area contributed by atoms with Gasteiger partial charge in [0.15, 0.2) is 0 Å². The number of halogens is 2. The van der Waals surface area contributed by atoms with Gasteiger partial charge in [0.2, 0.25) is 0 Å². The average Bonchev–Trinajstić information content (AvgIpc) is 2.22. The van der Waals surface area contributed by atoms with Crippen LogP contribution in [-0.4, -0.2) is 0 Å². The molecule has 0 saturated carbocycles. The summed E-state index contributed by atoms with van der Waals surface area (Å²) in [6.07, 6.45) is 0. The molecule has 2 rings (SSSR count). The predicted molar refractivity (Wildman–Crippen MR) is 66.6 cm³/mol. The van der Waals surface area contributed by atoms with Crippen molar-refractivity contribution in [2.75, 3.05) is 0 Å². The Balaban J connectivity index is 2.50. The topological polar surface area (TPSA) is 0 Å². The second-order valence-corrected chi connectivity index (χ2v) is 4.32. The molecule has 0 heterocycles. The van der Waals surface area contributed by atoms with Crippen LogP contribution in [0, 0.1) is 6.92 Å². The Hall–Kier alpha value is -0.980. The van der Waals surface area contributed by atoms with Gasteiger partial charge in [-0.2, -0.15) is 0 Å².